The van der Waals surface area contributed by atoms with Gasteiger partial charge in [-0.2, -0.15) is 0 Å². The smallest absolute Gasteiger partial charge is 0.311 e. The number of carbonyl (C=O) groups is 1. The molecular formula is C15H19NO3. The molecule has 1 atom stereocenters. The Morgan fingerprint density at radius 3 is 2.95 bits per heavy atom. The maximum atomic E-state index is 11.4. The lowest BCUT2D eigenvalue weighted by atomic mass is 9.84. The number of nitrogens with zero attached hydrogens (tertiary/aromatic N) is 1. The van der Waals surface area contributed by atoms with E-state index in [2.05, 4.69) is 11.0 Å². The number of carbonyl (C=O) groups excluding carboxylic acids is 1. The van der Waals surface area contributed by atoms with Gasteiger partial charge in [-0.1, -0.05) is 12.1 Å². The molecule has 102 valence electrons. The van der Waals surface area contributed by atoms with E-state index in [0.717, 1.165) is 37.9 Å². The van der Waals surface area contributed by atoms with Gasteiger partial charge in [0.2, 0.25) is 0 Å². The maximum absolute atomic E-state index is 11.4. The number of methoxy groups -OCH3 is 1. The molecule has 0 spiro atoms. The summed E-state index contributed by atoms with van der Waals surface area (Å²) in [7, 11) is 1.45. The Morgan fingerprint density at radius 1 is 1.42 bits per heavy atom. The number of ether oxygens (including phenoxy) is 1. The van der Waals surface area contributed by atoms with E-state index in [-0.39, 0.29) is 11.9 Å². The fourth-order valence-corrected chi connectivity index (χ4v) is 3.21. The van der Waals surface area contributed by atoms with E-state index in [0.29, 0.717) is 11.8 Å². The molecule has 0 radical (unpaired) electrons. The van der Waals surface area contributed by atoms with Crippen molar-refractivity contribution in [2.45, 2.75) is 25.3 Å². The highest BCUT2D eigenvalue weighted by Gasteiger charge is 2.38. The maximum Gasteiger partial charge on any atom is 0.311 e. The van der Waals surface area contributed by atoms with Crippen molar-refractivity contribution in [2.24, 2.45) is 5.92 Å². The van der Waals surface area contributed by atoms with Crippen LogP contribution in [0.4, 0.5) is 0 Å². The minimum absolute atomic E-state index is 0.0515. The lowest BCUT2D eigenvalue weighted by Crippen LogP contribution is -2.56. The Bertz CT molecular complexity index is 494. The molecule has 0 bridgehead atoms. The number of likely N-dealkylation sites (tertiary alicyclic amines) is 1. The van der Waals surface area contributed by atoms with E-state index < -0.39 is 0 Å². The predicted molar refractivity (Wildman–Crippen MR) is 71.0 cm³/mol. The first-order valence-electron chi connectivity index (χ1n) is 6.80. The van der Waals surface area contributed by atoms with Crippen LogP contribution in [0.1, 0.15) is 17.5 Å². The molecule has 1 unspecified atom stereocenters. The average Bonchev–Trinajstić information content (AvgIpc) is 2.37. The van der Waals surface area contributed by atoms with Gasteiger partial charge in [-0.15, -0.1) is 0 Å². The van der Waals surface area contributed by atoms with Crippen LogP contribution in [0.3, 0.4) is 0 Å². The van der Waals surface area contributed by atoms with Gasteiger partial charge in [-0.3, -0.25) is 9.69 Å². The van der Waals surface area contributed by atoms with Crippen LogP contribution in [0.5, 0.6) is 5.75 Å². The van der Waals surface area contributed by atoms with Gasteiger partial charge in [-0.25, -0.2) is 0 Å². The summed E-state index contributed by atoms with van der Waals surface area (Å²) in [5.41, 5.74) is 2.35. The summed E-state index contributed by atoms with van der Waals surface area (Å²) in [5, 5.41) is 9.82. The first-order valence-corrected chi connectivity index (χ1v) is 6.80. The molecular weight excluding hydrogens is 242 g/mol. The molecule has 1 aromatic carbocycles. The Labute approximate surface area is 113 Å². The summed E-state index contributed by atoms with van der Waals surface area (Å²) in [6, 6.07) is 6.26. The molecule has 1 aliphatic carbocycles. The van der Waals surface area contributed by atoms with Gasteiger partial charge in [0, 0.05) is 19.1 Å². The molecule has 0 aromatic heterocycles. The zero-order valence-electron chi connectivity index (χ0n) is 11.1. The minimum atomic E-state index is -0.0925. The van der Waals surface area contributed by atoms with Crippen LogP contribution in [0.15, 0.2) is 18.2 Å². The van der Waals surface area contributed by atoms with E-state index in [4.69, 9.17) is 4.74 Å². The van der Waals surface area contributed by atoms with Crippen molar-refractivity contribution in [1.82, 2.24) is 4.90 Å². The second kappa shape index (κ2) is 4.85. The number of hydrogen-bond acceptors (Lipinski definition) is 4. The number of phenolic OH excluding ortho intramolecular Hbond substituents is 1. The molecule has 1 heterocycles. The molecule has 0 amide bonds. The number of rotatable bonds is 2. The Hall–Kier alpha value is -1.55. The van der Waals surface area contributed by atoms with Crippen molar-refractivity contribution < 1.29 is 14.6 Å². The summed E-state index contributed by atoms with van der Waals surface area (Å²) in [4.78, 5) is 13.7. The van der Waals surface area contributed by atoms with Crippen molar-refractivity contribution >= 4 is 5.97 Å². The van der Waals surface area contributed by atoms with Gasteiger partial charge in [-0.05, 0) is 36.5 Å². The Kier molecular flexibility index (Phi) is 3.19. The van der Waals surface area contributed by atoms with Gasteiger partial charge in [0.15, 0.2) is 0 Å². The molecule has 1 aromatic rings. The molecule has 2 aliphatic rings. The number of fused-ring (bicyclic) bond motifs is 1. The molecule has 4 nitrogen and oxygen atoms in total. The molecule has 1 N–H and O–H groups in total. The van der Waals surface area contributed by atoms with Gasteiger partial charge >= 0.3 is 5.97 Å². The van der Waals surface area contributed by atoms with Gasteiger partial charge in [0.05, 0.1) is 13.0 Å². The first-order chi connectivity index (χ1) is 9.19. The van der Waals surface area contributed by atoms with Crippen LogP contribution in [-0.4, -0.2) is 42.2 Å². The minimum Gasteiger partial charge on any atom is -0.508 e. The zero-order chi connectivity index (χ0) is 13.4. The number of hydrogen-bond donors (Lipinski definition) is 1. The van der Waals surface area contributed by atoms with Crippen molar-refractivity contribution in [2.75, 3.05) is 20.2 Å². The molecule has 19 heavy (non-hydrogen) atoms. The van der Waals surface area contributed by atoms with E-state index in [1.165, 1.54) is 12.7 Å². The van der Waals surface area contributed by atoms with Crippen LogP contribution in [-0.2, 0) is 22.4 Å². The molecule has 1 fully saturated rings. The number of aromatic hydroxyl groups is 1. The Balaban J connectivity index is 1.63. The summed E-state index contributed by atoms with van der Waals surface area (Å²) in [6.07, 6.45) is 2.95. The summed E-state index contributed by atoms with van der Waals surface area (Å²) >= 11 is 0. The quantitative estimate of drug-likeness (QED) is 0.817. The molecule has 3 rings (SSSR count). The van der Waals surface area contributed by atoms with Gasteiger partial charge < -0.3 is 9.84 Å². The van der Waals surface area contributed by atoms with Crippen LogP contribution < -0.4 is 0 Å². The summed E-state index contributed by atoms with van der Waals surface area (Å²) < 4.78 is 4.76. The fourth-order valence-electron chi connectivity index (χ4n) is 3.21. The van der Waals surface area contributed by atoms with E-state index >= 15 is 0 Å². The van der Waals surface area contributed by atoms with E-state index in [1.54, 1.807) is 6.07 Å². The average molecular weight is 261 g/mol. The van der Waals surface area contributed by atoms with Crippen LogP contribution in [0.2, 0.25) is 0 Å². The number of phenols is 1. The van der Waals surface area contributed by atoms with Crippen LogP contribution in [0.25, 0.3) is 0 Å². The summed E-state index contributed by atoms with van der Waals surface area (Å²) in [5.74, 6) is 0.382. The highest BCUT2D eigenvalue weighted by atomic mass is 16.5. The second-order valence-corrected chi connectivity index (χ2v) is 5.49. The second-order valence-electron chi connectivity index (χ2n) is 5.49. The SMILES string of the molecule is COC(=O)C1CN(C2CCc3c(O)cccc3C2)C1. The third kappa shape index (κ3) is 2.21. The molecule has 1 aliphatic heterocycles. The summed E-state index contributed by atoms with van der Waals surface area (Å²) in [6.45, 7) is 1.62. The van der Waals surface area contributed by atoms with Crippen LogP contribution in [0, 0.1) is 5.92 Å². The first kappa shape index (κ1) is 12.5. The standard InChI is InChI=1S/C15H19NO3/c1-19-15(18)11-8-16(9-11)12-5-6-13-10(7-12)3-2-4-14(13)17/h2-4,11-12,17H,5-9H2,1H3. The van der Waals surface area contributed by atoms with E-state index in [9.17, 15) is 9.90 Å². The lowest BCUT2D eigenvalue weighted by Gasteiger charge is -2.44. The normalized spacial score (nSPS) is 23.5. The highest BCUT2D eigenvalue weighted by Crippen LogP contribution is 2.33. The van der Waals surface area contributed by atoms with Gasteiger partial charge in [0.25, 0.3) is 0 Å². The fraction of sp³-hybridized carbons (Fsp3) is 0.533. The monoisotopic (exact) mass is 261 g/mol. The van der Waals surface area contributed by atoms with Crippen molar-refractivity contribution in [3.63, 3.8) is 0 Å². The Morgan fingerprint density at radius 2 is 2.21 bits per heavy atom. The largest absolute Gasteiger partial charge is 0.508 e. The number of esters is 1. The molecule has 4 heteroatoms. The third-order valence-electron chi connectivity index (χ3n) is 4.39. The van der Waals surface area contributed by atoms with Crippen molar-refractivity contribution in [1.29, 1.82) is 0 Å². The highest BCUT2D eigenvalue weighted by molar-refractivity contribution is 5.73. The van der Waals surface area contributed by atoms with Gasteiger partial charge in [0.1, 0.15) is 5.75 Å². The topological polar surface area (TPSA) is 49.8 Å². The van der Waals surface area contributed by atoms with E-state index in [1.807, 2.05) is 6.07 Å². The third-order valence-corrected chi connectivity index (χ3v) is 4.39. The lowest BCUT2D eigenvalue weighted by molar-refractivity contribution is -0.152. The molecule has 0 saturated carbocycles. The molecule has 1 saturated heterocycles. The van der Waals surface area contributed by atoms with Crippen molar-refractivity contribution in [3.8, 4) is 5.75 Å². The zero-order valence-corrected chi connectivity index (χ0v) is 11.1. The number of benzene rings is 1. The predicted octanol–water partition coefficient (Wildman–Crippen LogP) is 1.35. The van der Waals surface area contributed by atoms with Crippen LogP contribution >= 0.6 is 0 Å². The van der Waals surface area contributed by atoms with Crippen molar-refractivity contribution in [3.05, 3.63) is 29.3 Å².